The summed E-state index contributed by atoms with van der Waals surface area (Å²) in [6.07, 6.45) is 2.68. The number of hydrogen-bond acceptors (Lipinski definition) is 2. The molecule has 2 aliphatic rings. The van der Waals surface area contributed by atoms with Gasteiger partial charge >= 0.3 is 0 Å². The van der Waals surface area contributed by atoms with Crippen LogP contribution in [0.4, 0.5) is 0 Å². The first kappa shape index (κ1) is 10.4. The number of fused-ring (bicyclic) bond motifs is 2. The molecule has 0 saturated heterocycles. The fourth-order valence-corrected chi connectivity index (χ4v) is 4.06. The van der Waals surface area contributed by atoms with E-state index >= 15 is 0 Å². The number of nitrogens with zero attached hydrogens (tertiary/aromatic N) is 1. The highest BCUT2D eigenvalue weighted by Gasteiger charge is 2.65. The van der Waals surface area contributed by atoms with Crippen LogP contribution in [-0.4, -0.2) is 31.1 Å². The van der Waals surface area contributed by atoms with Crippen molar-refractivity contribution in [3.8, 4) is 0 Å². The van der Waals surface area contributed by atoms with Gasteiger partial charge in [-0.15, -0.1) is 0 Å². The van der Waals surface area contributed by atoms with Gasteiger partial charge in [-0.2, -0.15) is 0 Å². The first-order chi connectivity index (χ1) is 6.32. The highest BCUT2D eigenvalue weighted by Crippen LogP contribution is 2.65. The average Bonchev–Trinajstić information content (AvgIpc) is 2.35. The van der Waals surface area contributed by atoms with Crippen LogP contribution in [0.15, 0.2) is 0 Å². The topological polar surface area (TPSA) is 29.3 Å². The van der Waals surface area contributed by atoms with Crippen LogP contribution in [0.5, 0.6) is 0 Å². The van der Waals surface area contributed by atoms with Crippen molar-refractivity contribution in [2.45, 2.75) is 45.7 Å². The summed E-state index contributed by atoms with van der Waals surface area (Å²) in [7, 11) is 4.34. The quantitative estimate of drug-likeness (QED) is 0.691. The minimum absolute atomic E-state index is 0.353. The number of hydrogen-bond donors (Lipinski definition) is 1. The molecule has 4 unspecified atom stereocenters. The van der Waals surface area contributed by atoms with Gasteiger partial charge in [-0.05, 0) is 43.7 Å². The number of likely N-dealkylation sites (N-methyl/N-ethyl adjacent to an activating group) is 1. The first-order valence-electron chi connectivity index (χ1n) is 5.74. The van der Waals surface area contributed by atoms with Crippen LogP contribution in [0.2, 0.25) is 0 Å². The van der Waals surface area contributed by atoms with Crippen molar-refractivity contribution in [2.75, 3.05) is 14.1 Å². The van der Waals surface area contributed by atoms with Gasteiger partial charge in [0, 0.05) is 12.1 Å². The Morgan fingerprint density at radius 3 is 2.07 bits per heavy atom. The van der Waals surface area contributed by atoms with Crippen molar-refractivity contribution in [1.82, 2.24) is 4.90 Å². The fourth-order valence-electron chi connectivity index (χ4n) is 4.06. The third-order valence-electron chi connectivity index (χ3n) is 5.49. The summed E-state index contributed by atoms with van der Waals surface area (Å²) < 4.78 is 0. The summed E-state index contributed by atoms with van der Waals surface area (Å²) in [5.41, 5.74) is 7.21. The van der Waals surface area contributed by atoms with E-state index in [1.165, 1.54) is 12.8 Å². The molecular weight excluding hydrogens is 172 g/mol. The Hall–Kier alpha value is -0.0800. The molecule has 2 aliphatic carbocycles. The number of rotatable bonds is 1. The van der Waals surface area contributed by atoms with E-state index in [0.717, 1.165) is 5.92 Å². The van der Waals surface area contributed by atoms with E-state index in [-0.39, 0.29) is 0 Å². The predicted octanol–water partition coefficient (Wildman–Crippen LogP) is 1.70. The van der Waals surface area contributed by atoms with Gasteiger partial charge in [-0.25, -0.2) is 0 Å². The average molecular weight is 196 g/mol. The van der Waals surface area contributed by atoms with E-state index in [1.54, 1.807) is 0 Å². The molecule has 0 heterocycles. The van der Waals surface area contributed by atoms with Crippen molar-refractivity contribution in [1.29, 1.82) is 0 Å². The lowest BCUT2D eigenvalue weighted by molar-refractivity contribution is 0.133. The largest absolute Gasteiger partial charge is 0.326 e. The van der Waals surface area contributed by atoms with Crippen molar-refractivity contribution in [3.63, 3.8) is 0 Å². The summed E-state index contributed by atoms with van der Waals surface area (Å²) in [4.78, 5) is 2.33. The lowest BCUT2D eigenvalue weighted by Gasteiger charge is -2.39. The van der Waals surface area contributed by atoms with Crippen molar-refractivity contribution < 1.29 is 0 Å². The third kappa shape index (κ3) is 0.938. The summed E-state index contributed by atoms with van der Waals surface area (Å²) in [6, 6.07) is 0.940. The zero-order chi connectivity index (χ0) is 10.7. The SMILES string of the molecule is CN(C)C1C2CCC(C)(C1N)C2(C)C. The molecule has 82 valence electrons. The maximum absolute atomic E-state index is 6.43. The monoisotopic (exact) mass is 196 g/mol. The van der Waals surface area contributed by atoms with E-state index in [2.05, 4.69) is 39.8 Å². The van der Waals surface area contributed by atoms with Crippen molar-refractivity contribution in [3.05, 3.63) is 0 Å². The Kier molecular flexibility index (Phi) is 2.04. The molecule has 2 N–H and O–H groups in total. The highest BCUT2D eigenvalue weighted by atomic mass is 15.2. The molecule has 0 amide bonds. The molecule has 0 aromatic carbocycles. The minimum Gasteiger partial charge on any atom is -0.326 e. The normalized spacial score (nSPS) is 50.4. The molecule has 14 heavy (non-hydrogen) atoms. The summed E-state index contributed by atoms with van der Waals surface area (Å²) in [5.74, 6) is 0.789. The van der Waals surface area contributed by atoms with Gasteiger partial charge in [-0.3, -0.25) is 0 Å². The molecule has 0 aliphatic heterocycles. The van der Waals surface area contributed by atoms with Gasteiger partial charge in [0.05, 0.1) is 0 Å². The predicted molar refractivity (Wildman–Crippen MR) is 60.1 cm³/mol. The maximum atomic E-state index is 6.43. The van der Waals surface area contributed by atoms with Crippen molar-refractivity contribution >= 4 is 0 Å². The van der Waals surface area contributed by atoms with Gasteiger partial charge in [0.2, 0.25) is 0 Å². The summed E-state index contributed by atoms with van der Waals surface area (Å²) in [6.45, 7) is 7.21. The Morgan fingerprint density at radius 2 is 1.79 bits per heavy atom. The van der Waals surface area contributed by atoms with Crippen LogP contribution >= 0.6 is 0 Å². The van der Waals surface area contributed by atoms with Crippen LogP contribution in [0.3, 0.4) is 0 Å². The Labute approximate surface area is 87.8 Å². The first-order valence-corrected chi connectivity index (χ1v) is 5.74. The summed E-state index contributed by atoms with van der Waals surface area (Å²) in [5, 5.41) is 0. The van der Waals surface area contributed by atoms with Crippen LogP contribution in [0.1, 0.15) is 33.6 Å². The molecule has 2 heteroatoms. The molecule has 0 radical (unpaired) electrons. The second-order valence-corrected chi connectivity index (χ2v) is 6.26. The molecule has 2 rings (SSSR count). The molecule has 0 aromatic heterocycles. The Bertz CT molecular complexity index is 247. The van der Waals surface area contributed by atoms with Crippen LogP contribution < -0.4 is 5.73 Å². The summed E-state index contributed by atoms with van der Waals surface area (Å²) >= 11 is 0. The maximum Gasteiger partial charge on any atom is 0.0280 e. The standard InChI is InChI=1S/C12H24N2/c1-11(2)8-6-7-12(11,3)10(13)9(8)14(4)5/h8-10H,6-7,13H2,1-5H3. The van der Waals surface area contributed by atoms with E-state index in [0.29, 0.717) is 22.9 Å². The Balaban J connectivity index is 2.39. The lowest BCUT2D eigenvalue weighted by atomic mass is 9.69. The number of nitrogens with two attached hydrogens (primary N) is 1. The van der Waals surface area contributed by atoms with E-state index in [4.69, 9.17) is 5.73 Å². The molecule has 2 saturated carbocycles. The smallest absolute Gasteiger partial charge is 0.0280 e. The molecule has 2 nitrogen and oxygen atoms in total. The van der Waals surface area contributed by atoms with Gasteiger partial charge < -0.3 is 10.6 Å². The highest BCUT2D eigenvalue weighted by molar-refractivity contribution is 5.18. The van der Waals surface area contributed by atoms with Crippen LogP contribution in [-0.2, 0) is 0 Å². The lowest BCUT2D eigenvalue weighted by Crippen LogP contribution is -2.51. The van der Waals surface area contributed by atoms with E-state index in [1.807, 2.05) is 0 Å². The molecule has 0 aromatic rings. The minimum atomic E-state index is 0.353. The van der Waals surface area contributed by atoms with Gasteiger partial charge in [0.15, 0.2) is 0 Å². The molecule has 0 spiro atoms. The fraction of sp³-hybridized carbons (Fsp3) is 1.00. The Morgan fingerprint density at radius 1 is 1.21 bits per heavy atom. The zero-order valence-corrected chi connectivity index (χ0v) is 10.2. The van der Waals surface area contributed by atoms with Gasteiger partial charge in [0.1, 0.15) is 0 Å². The van der Waals surface area contributed by atoms with E-state index in [9.17, 15) is 0 Å². The van der Waals surface area contributed by atoms with Gasteiger partial charge in [-0.1, -0.05) is 20.8 Å². The van der Waals surface area contributed by atoms with E-state index < -0.39 is 0 Å². The second kappa shape index (κ2) is 2.73. The third-order valence-corrected chi connectivity index (χ3v) is 5.49. The van der Waals surface area contributed by atoms with Crippen molar-refractivity contribution in [2.24, 2.45) is 22.5 Å². The molecule has 2 bridgehead atoms. The van der Waals surface area contributed by atoms with Gasteiger partial charge in [0.25, 0.3) is 0 Å². The van der Waals surface area contributed by atoms with Crippen LogP contribution in [0, 0.1) is 16.7 Å². The second-order valence-electron chi connectivity index (χ2n) is 6.26. The molecular formula is C12H24N2. The molecule has 2 fully saturated rings. The zero-order valence-electron chi connectivity index (χ0n) is 10.2. The van der Waals surface area contributed by atoms with Crippen LogP contribution in [0.25, 0.3) is 0 Å². The molecule has 4 atom stereocenters.